The van der Waals surface area contributed by atoms with Crippen LogP contribution in [0.5, 0.6) is 0 Å². The van der Waals surface area contributed by atoms with E-state index in [4.69, 9.17) is 34.8 Å². The number of fused-ring (bicyclic) bond motifs is 1. The predicted molar refractivity (Wildman–Crippen MR) is 88.9 cm³/mol. The van der Waals surface area contributed by atoms with E-state index in [9.17, 15) is 0 Å². The maximum atomic E-state index is 5.81. The molecule has 0 spiro atoms. The molecule has 0 aliphatic carbocycles. The number of benzene rings is 1. The summed E-state index contributed by atoms with van der Waals surface area (Å²) in [5.74, 6) is 0. The summed E-state index contributed by atoms with van der Waals surface area (Å²) >= 11 is 17.4. The molecule has 1 heterocycles. The number of aromatic nitrogens is 1. The summed E-state index contributed by atoms with van der Waals surface area (Å²) in [5, 5.41) is 1.06. The molecule has 0 aliphatic rings. The van der Waals surface area contributed by atoms with Crippen LogP contribution < -0.4 is 0 Å². The SMILES string of the molecule is Cc1nc2ccc([CH]C(Cl)(Cl)Cl)cc2cc1C(C)(C)C. The fraction of sp³-hybridized carbons (Fsp3) is 0.375. The number of hydrogen-bond acceptors (Lipinski definition) is 1. The van der Waals surface area contributed by atoms with E-state index >= 15 is 0 Å². The van der Waals surface area contributed by atoms with Crippen molar-refractivity contribution in [2.45, 2.75) is 36.9 Å². The molecule has 0 N–H and O–H groups in total. The average Bonchev–Trinajstić information content (AvgIpc) is 2.25. The summed E-state index contributed by atoms with van der Waals surface area (Å²) in [6.07, 6.45) is 1.60. The fourth-order valence-corrected chi connectivity index (χ4v) is 2.71. The summed E-state index contributed by atoms with van der Waals surface area (Å²) in [6.45, 7) is 8.59. The molecule has 1 aromatic carbocycles. The molecule has 1 aromatic heterocycles. The Kier molecular flexibility index (Phi) is 4.26. The number of halogens is 3. The minimum atomic E-state index is -1.39. The van der Waals surface area contributed by atoms with E-state index in [2.05, 4.69) is 31.8 Å². The van der Waals surface area contributed by atoms with Gasteiger partial charge in [-0.3, -0.25) is 4.98 Å². The number of alkyl halides is 3. The van der Waals surface area contributed by atoms with Crippen LogP contribution in [-0.4, -0.2) is 8.78 Å². The van der Waals surface area contributed by atoms with Crippen molar-refractivity contribution >= 4 is 45.7 Å². The maximum Gasteiger partial charge on any atom is 0.198 e. The zero-order valence-corrected chi connectivity index (χ0v) is 14.2. The van der Waals surface area contributed by atoms with Gasteiger partial charge >= 0.3 is 0 Å². The van der Waals surface area contributed by atoms with Crippen molar-refractivity contribution in [1.82, 2.24) is 4.98 Å². The van der Waals surface area contributed by atoms with Gasteiger partial charge in [0.25, 0.3) is 0 Å². The molecule has 4 heteroatoms. The van der Waals surface area contributed by atoms with E-state index in [1.54, 1.807) is 6.42 Å². The lowest BCUT2D eigenvalue weighted by molar-refractivity contribution is 0.583. The van der Waals surface area contributed by atoms with Crippen LogP contribution in [0.2, 0.25) is 0 Å². The third-order valence-corrected chi connectivity index (χ3v) is 3.50. The molecular formula is C16H17Cl3N. The van der Waals surface area contributed by atoms with Crippen molar-refractivity contribution in [1.29, 1.82) is 0 Å². The topological polar surface area (TPSA) is 12.9 Å². The van der Waals surface area contributed by atoms with Crippen LogP contribution in [0.3, 0.4) is 0 Å². The van der Waals surface area contributed by atoms with Crippen LogP contribution in [0.25, 0.3) is 10.9 Å². The van der Waals surface area contributed by atoms with Gasteiger partial charge in [-0.05, 0) is 41.7 Å². The van der Waals surface area contributed by atoms with E-state index < -0.39 is 3.79 Å². The number of nitrogens with zero attached hydrogens (tertiary/aromatic N) is 1. The summed E-state index contributed by atoms with van der Waals surface area (Å²) in [5.41, 5.74) is 4.18. The molecule has 2 rings (SSSR count). The highest BCUT2D eigenvalue weighted by Crippen LogP contribution is 2.34. The maximum absolute atomic E-state index is 5.81. The van der Waals surface area contributed by atoms with Gasteiger partial charge < -0.3 is 0 Å². The van der Waals surface area contributed by atoms with Crippen LogP contribution in [0.4, 0.5) is 0 Å². The first kappa shape index (κ1) is 15.9. The average molecular weight is 330 g/mol. The van der Waals surface area contributed by atoms with Crippen molar-refractivity contribution in [2.24, 2.45) is 0 Å². The van der Waals surface area contributed by atoms with E-state index in [1.165, 1.54) is 5.56 Å². The van der Waals surface area contributed by atoms with E-state index in [1.807, 2.05) is 25.1 Å². The molecule has 0 saturated carbocycles. The van der Waals surface area contributed by atoms with Gasteiger partial charge in [-0.15, -0.1) is 0 Å². The van der Waals surface area contributed by atoms with Gasteiger partial charge in [-0.2, -0.15) is 0 Å². The van der Waals surface area contributed by atoms with Crippen LogP contribution in [0.15, 0.2) is 24.3 Å². The van der Waals surface area contributed by atoms with Gasteiger partial charge in [0.1, 0.15) is 0 Å². The molecule has 20 heavy (non-hydrogen) atoms. The number of aryl methyl sites for hydroxylation is 1. The first-order valence-corrected chi connectivity index (χ1v) is 7.54. The molecular weight excluding hydrogens is 313 g/mol. The second-order valence-corrected chi connectivity index (χ2v) is 8.38. The van der Waals surface area contributed by atoms with E-state index in [-0.39, 0.29) is 5.41 Å². The summed E-state index contributed by atoms with van der Waals surface area (Å²) in [4.78, 5) is 4.67. The number of pyridine rings is 1. The Morgan fingerprint density at radius 1 is 1.05 bits per heavy atom. The molecule has 1 nitrogen and oxygen atoms in total. The molecule has 0 fully saturated rings. The van der Waals surface area contributed by atoms with Gasteiger partial charge in [-0.25, -0.2) is 0 Å². The third-order valence-electron chi connectivity index (χ3n) is 3.17. The lowest BCUT2D eigenvalue weighted by atomic mass is 9.85. The van der Waals surface area contributed by atoms with E-state index in [0.717, 1.165) is 22.2 Å². The second-order valence-electron chi connectivity index (χ2n) is 6.01. The fourth-order valence-electron chi connectivity index (χ4n) is 2.33. The monoisotopic (exact) mass is 328 g/mol. The first-order valence-electron chi connectivity index (χ1n) is 6.41. The quantitative estimate of drug-likeness (QED) is 0.606. The third kappa shape index (κ3) is 3.78. The first-order chi connectivity index (χ1) is 9.06. The Hall–Kier alpha value is -0.500. The number of rotatable bonds is 1. The van der Waals surface area contributed by atoms with Crippen LogP contribution >= 0.6 is 34.8 Å². The van der Waals surface area contributed by atoms with Crippen molar-refractivity contribution in [3.8, 4) is 0 Å². The number of hydrogen-bond donors (Lipinski definition) is 0. The Bertz CT molecular complexity index is 636. The van der Waals surface area contributed by atoms with Crippen LogP contribution in [0, 0.1) is 13.3 Å². The molecule has 107 valence electrons. The predicted octanol–water partition coefficient (Wildman–Crippen LogP) is 5.76. The van der Waals surface area contributed by atoms with Crippen molar-refractivity contribution in [3.05, 3.63) is 47.5 Å². The van der Waals surface area contributed by atoms with E-state index in [0.29, 0.717) is 0 Å². The molecule has 1 radical (unpaired) electrons. The van der Waals surface area contributed by atoms with Gasteiger partial charge in [0.05, 0.1) is 5.52 Å². The van der Waals surface area contributed by atoms with Crippen molar-refractivity contribution in [2.75, 3.05) is 0 Å². The zero-order valence-electron chi connectivity index (χ0n) is 12.0. The molecule has 0 bridgehead atoms. The molecule has 0 aliphatic heterocycles. The minimum Gasteiger partial charge on any atom is -0.253 e. The highest BCUT2D eigenvalue weighted by molar-refractivity contribution is 6.68. The van der Waals surface area contributed by atoms with Gasteiger partial charge in [0.15, 0.2) is 3.79 Å². The summed E-state index contributed by atoms with van der Waals surface area (Å²) in [6, 6.07) is 8.04. The highest BCUT2D eigenvalue weighted by atomic mass is 35.6. The molecule has 0 amide bonds. The summed E-state index contributed by atoms with van der Waals surface area (Å²) < 4.78 is -1.39. The lowest BCUT2D eigenvalue weighted by Crippen LogP contribution is -2.14. The largest absolute Gasteiger partial charge is 0.253 e. The smallest absolute Gasteiger partial charge is 0.198 e. The Morgan fingerprint density at radius 3 is 2.25 bits per heavy atom. The van der Waals surface area contributed by atoms with Gasteiger partial charge in [0, 0.05) is 17.5 Å². The van der Waals surface area contributed by atoms with Crippen LogP contribution in [0.1, 0.15) is 37.6 Å². The normalized spacial score (nSPS) is 12.9. The second kappa shape index (κ2) is 5.36. The van der Waals surface area contributed by atoms with Crippen LogP contribution in [-0.2, 0) is 5.41 Å². The Labute approximate surface area is 135 Å². The molecule has 0 atom stereocenters. The Morgan fingerprint density at radius 2 is 1.70 bits per heavy atom. The standard InChI is InChI=1S/C16H17Cl3N/c1-10-13(15(2,3)4)8-12-7-11(9-16(17,18)19)5-6-14(12)20-10/h5-9H,1-4H3. The van der Waals surface area contributed by atoms with Gasteiger partial charge in [-0.1, -0.05) is 61.6 Å². The zero-order chi connectivity index (χ0) is 15.1. The summed E-state index contributed by atoms with van der Waals surface area (Å²) in [7, 11) is 0. The van der Waals surface area contributed by atoms with Crippen molar-refractivity contribution in [3.63, 3.8) is 0 Å². The Balaban J connectivity index is 2.54. The van der Waals surface area contributed by atoms with Gasteiger partial charge in [0.2, 0.25) is 0 Å². The lowest BCUT2D eigenvalue weighted by Gasteiger charge is -2.21. The van der Waals surface area contributed by atoms with Crippen molar-refractivity contribution < 1.29 is 0 Å². The molecule has 0 saturated heterocycles. The molecule has 2 aromatic rings. The molecule has 0 unspecified atom stereocenters. The minimum absolute atomic E-state index is 0.0558. The highest BCUT2D eigenvalue weighted by Gasteiger charge is 2.22.